The molecule has 0 aromatic heterocycles. The highest BCUT2D eigenvalue weighted by atomic mass is 16.4. The highest BCUT2D eigenvalue weighted by Gasteiger charge is 2.20. The Kier molecular flexibility index (Phi) is 7.16. The Balaban J connectivity index is 4.26. The summed E-state index contributed by atoms with van der Waals surface area (Å²) in [5.74, 6) is -3.16. The van der Waals surface area contributed by atoms with Crippen molar-refractivity contribution in [1.29, 1.82) is 0 Å². The minimum Gasteiger partial charge on any atom is -0.481 e. The monoisotopic (exact) mass is 274 g/mol. The number of carboxylic acids is 2. The molecule has 2 amide bonds. The summed E-state index contributed by atoms with van der Waals surface area (Å²) in [6.45, 7) is 1.05. The smallest absolute Gasteiger partial charge is 0.326 e. The fourth-order valence-electron chi connectivity index (χ4n) is 1.28. The molecule has 0 spiro atoms. The van der Waals surface area contributed by atoms with Crippen molar-refractivity contribution in [3.8, 4) is 0 Å². The van der Waals surface area contributed by atoms with Crippen LogP contribution >= 0.6 is 0 Å². The van der Waals surface area contributed by atoms with Crippen LogP contribution in [0.3, 0.4) is 0 Å². The Labute approximate surface area is 110 Å². The third kappa shape index (κ3) is 7.74. The SMILES string of the molecule is CC(=O)N(C)CC(=O)N[C@H](CCCC(=O)O)C(=O)O. The Morgan fingerprint density at radius 1 is 1.21 bits per heavy atom. The van der Waals surface area contributed by atoms with Gasteiger partial charge in [-0.1, -0.05) is 0 Å². The largest absolute Gasteiger partial charge is 0.481 e. The normalized spacial score (nSPS) is 11.5. The van der Waals surface area contributed by atoms with E-state index in [2.05, 4.69) is 5.32 Å². The number of carboxylic acid groups (broad SMARTS) is 2. The van der Waals surface area contributed by atoms with E-state index in [0.717, 1.165) is 4.90 Å². The summed E-state index contributed by atoms with van der Waals surface area (Å²) in [6, 6.07) is -1.15. The molecule has 0 aliphatic rings. The van der Waals surface area contributed by atoms with Gasteiger partial charge in [0.15, 0.2) is 0 Å². The Morgan fingerprint density at radius 3 is 2.21 bits per heavy atom. The molecule has 19 heavy (non-hydrogen) atoms. The van der Waals surface area contributed by atoms with Crippen LogP contribution < -0.4 is 5.32 Å². The van der Waals surface area contributed by atoms with Gasteiger partial charge in [0.25, 0.3) is 0 Å². The molecule has 0 aromatic carbocycles. The minimum absolute atomic E-state index is 0.0250. The van der Waals surface area contributed by atoms with E-state index in [0.29, 0.717) is 0 Å². The van der Waals surface area contributed by atoms with Gasteiger partial charge in [-0.2, -0.15) is 0 Å². The van der Waals surface area contributed by atoms with Crippen molar-refractivity contribution in [3.63, 3.8) is 0 Å². The first-order chi connectivity index (χ1) is 8.73. The van der Waals surface area contributed by atoms with Gasteiger partial charge in [-0.3, -0.25) is 14.4 Å². The maximum Gasteiger partial charge on any atom is 0.326 e. The Hall–Kier alpha value is -2.12. The van der Waals surface area contributed by atoms with Crippen molar-refractivity contribution in [2.24, 2.45) is 0 Å². The molecule has 0 rings (SSSR count). The van der Waals surface area contributed by atoms with Gasteiger partial charge in [0, 0.05) is 20.4 Å². The number of carbonyl (C=O) groups excluding carboxylic acids is 2. The maximum absolute atomic E-state index is 11.5. The molecule has 0 bridgehead atoms. The molecule has 0 aliphatic carbocycles. The van der Waals surface area contributed by atoms with Gasteiger partial charge in [-0.15, -0.1) is 0 Å². The molecule has 0 aliphatic heterocycles. The van der Waals surface area contributed by atoms with Crippen LogP contribution in [-0.4, -0.2) is 58.5 Å². The molecule has 1 atom stereocenters. The summed E-state index contributed by atoms with van der Waals surface area (Å²) >= 11 is 0. The highest BCUT2D eigenvalue weighted by molar-refractivity contribution is 5.87. The second-order valence-corrected chi connectivity index (χ2v) is 4.12. The lowest BCUT2D eigenvalue weighted by molar-refractivity contribution is -0.143. The molecule has 0 unspecified atom stereocenters. The summed E-state index contributed by atoms with van der Waals surface area (Å²) in [6.07, 6.45) is 0.0132. The molecule has 3 N–H and O–H groups in total. The number of hydrogen-bond acceptors (Lipinski definition) is 4. The van der Waals surface area contributed by atoms with Gasteiger partial charge < -0.3 is 20.4 Å². The van der Waals surface area contributed by atoms with Crippen LogP contribution in [0.2, 0.25) is 0 Å². The van der Waals surface area contributed by atoms with E-state index in [1.54, 1.807) is 0 Å². The zero-order valence-electron chi connectivity index (χ0n) is 10.9. The van der Waals surface area contributed by atoms with E-state index < -0.39 is 23.9 Å². The van der Waals surface area contributed by atoms with Gasteiger partial charge in [0.2, 0.25) is 11.8 Å². The van der Waals surface area contributed by atoms with Crippen LogP contribution in [-0.2, 0) is 19.2 Å². The second-order valence-electron chi connectivity index (χ2n) is 4.12. The molecule has 0 radical (unpaired) electrons. The number of carbonyl (C=O) groups is 4. The van der Waals surface area contributed by atoms with Gasteiger partial charge in [-0.05, 0) is 12.8 Å². The molecule has 0 heterocycles. The number of likely N-dealkylation sites (N-methyl/N-ethyl adjacent to an activating group) is 1. The number of hydrogen-bond donors (Lipinski definition) is 3. The maximum atomic E-state index is 11.5. The fraction of sp³-hybridized carbons (Fsp3) is 0.636. The van der Waals surface area contributed by atoms with E-state index in [9.17, 15) is 19.2 Å². The van der Waals surface area contributed by atoms with Crippen LogP contribution in [0.15, 0.2) is 0 Å². The van der Waals surface area contributed by atoms with Crippen LogP contribution in [0.5, 0.6) is 0 Å². The number of rotatable bonds is 8. The average molecular weight is 274 g/mol. The molecule has 8 nitrogen and oxygen atoms in total. The van der Waals surface area contributed by atoms with Crippen LogP contribution in [0, 0.1) is 0 Å². The summed E-state index contributed by atoms with van der Waals surface area (Å²) in [7, 11) is 1.42. The third-order valence-corrected chi connectivity index (χ3v) is 2.44. The standard InChI is InChI=1S/C11H18N2O6/c1-7(14)13(2)6-9(15)12-8(11(18)19)4-3-5-10(16)17/h8H,3-6H2,1-2H3,(H,12,15)(H,16,17)(H,18,19)/t8-/m1/s1. The Morgan fingerprint density at radius 2 is 1.79 bits per heavy atom. The highest BCUT2D eigenvalue weighted by Crippen LogP contribution is 2.02. The lowest BCUT2D eigenvalue weighted by atomic mass is 10.1. The zero-order chi connectivity index (χ0) is 15.0. The van der Waals surface area contributed by atoms with E-state index >= 15 is 0 Å². The molecular formula is C11H18N2O6. The van der Waals surface area contributed by atoms with Crippen LogP contribution in [0.4, 0.5) is 0 Å². The molecule has 0 saturated carbocycles. The quantitative estimate of drug-likeness (QED) is 0.537. The first-order valence-corrected chi connectivity index (χ1v) is 5.69. The summed E-state index contributed by atoms with van der Waals surface area (Å²) in [4.78, 5) is 44.7. The van der Waals surface area contributed by atoms with Gasteiger partial charge in [0.1, 0.15) is 6.04 Å². The van der Waals surface area contributed by atoms with E-state index in [1.165, 1.54) is 14.0 Å². The molecule has 0 saturated heterocycles. The van der Waals surface area contributed by atoms with Crippen molar-refractivity contribution in [2.45, 2.75) is 32.2 Å². The van der Waals surface area contributed by atoms with Crippen molar-refractivity contribution in [1.82, 2.24) is 10.2 Å². The fourth-order valence-corrected chi connectivity index (χ4v) is 1.28. The topological polar surface area (TPSA) is 124 Å². The predicted molar refractivity (Wildman–Crippen MR) is 64.4 cm³/mol. The van der Waals surface area contributed by atoms with E-state index in [-0.39, 0.29) is 31.7 Å². The molecular weight excluding hydrogens is 256 g/mol. The molecule has 108 valence electrons. The summed E-state index contributed by atoms with van der Waals surface area (Å²) in [5, 5.41) is 19.6. The van der Waals surface area contributed by atoms with Crippen molar-refractivity contribution in [2.75, 3.05) is 13.6 Å². The van der Waals surface area contributed by atoms with Crippen molar-refractivity contribution in [3.05, 3.63) is 0 Å². The van der Waals surface area contributed by atoms with Gasteiger partial charge in [0.05, 0.1) is 6.54 Å². The lowest BCUT2D eigenvalue weighted by Gasteiger charge is -2.18. The molecule has 0 fully saturated rings. The predicted octanol–water partition coefficient (Wildman–Crippen LogP) is -0.711. The second kappa shape index (κ2) is 8.06. The molecule has 8 heteroatoms. The number of nitrogens with one attached hydrogen (secondary N) is 1. The zero-order valence-corrected chi connectivity index (χ0v) is 10.9. The Bertz CT molecular complexity index is 368. The van der Waals surface area contributed by atoms with Crippen molar-refractivity contribution >= 4 is 23.8 Å². The number of amides is 2. The molecule has 0 aromatic rings. The van der Waals surface area contributed by atoms with Crippen LogP contribution in [0.1, 0.15) is 26.2 Å². The van der Waals surface area contributed by atoms with Crippen LogP contribution in [0.25, 0.3) is 0 Å². The summed E-state index contributed by atoms with van der Waals surface area (Å²) < 4.78 is 0. The van der Waals surface area contributed by atoms with E-state index in [1.807, 2.05) is 0 Å². The third-order valence-electron chi connectivity index (χ3n) is 2.44. The van der Waals surface area contributed by atoms with E-state index in [4.69, 9.17) is 10.2 Å². The average Bonchev–Trinajstić information content (AvgIpc) is 2.26. The number of aliphatic carboxylic acids is 2. The van der Waals surface area contributed by atoms with Gasteiger partial charge >= 0.3 is 11.9 Å². The first kappa shape index (κ1) is 16.9. The van der Waals surface area contributed by atoms with Gasteiger partial charge in [-0.25, -0.2) is 4.79 Å². The minimum atomic E-state index is -1.23. The number of nitrogens with zero attached hydrogens (tertiary/aromatic N) is 1. The first-order valence-electron chi connectivity index (χ1n) is 5.69. The summed E-state index contributed by atoms with van der Waals surface area (Å²) in [5.41, 5.74) is 0. The lowest BCUT2D eigenvalue weighted by Crippen LogP contribution is -2.45. The van der Waals surface area contributed by atoms with Crippen molar-refractivity contribution < 1.29 is 29.4 Å².